The monoisotopic (exact) mass is 665 g/mol. The third-order valence-electron chi connectivity index (χ3n) is 6.64. The first-order valence-electron chi connectivity index (χ1n) is 14.1. The number of amides is 3. The van der Waals surface area contributed by atoms with Gasteiger partial charge in [0.05, 0.1) is 23.9 Å². The average Bonchev–Trinajstić information content (AvgIpc) is 3.03. The average molecular weight is 667 g/mol. The summed E-state index contributed by atoms with van der Waals surface area (Å²) in [4.78, 5) is 46.5. The summed E-state index contributed by atoms with van der Waals surface area (Å²) >= 11 is 13.3. The number of anilines is 2. The number of halogens is 2. The van der Waals surface area contributed by atoms with Gasteiger partial charge in [-0.05, 0) is 55.0 Å². The predicted molar refractivity (Wildman–Crippen MR) is 179 cm³/mol. The van der Waals surface area contributed by atoms with E-state index < -0.39 is 11.8 Å². The number of hydrogen-bond donors (Lipinski definition) is 2. The van der Waals surface area contributed by atoms with Gasteiger partial charge in [0.15, 0.2) is 0 Å². The lowest BCUT2D eigenvalue weighted by atomic mass is 10.1. The Morgan fingerprint density at radius 3 is 2.54 bits per heavy atom. The Morgan fingerprint density at radius 2 is 1.83 bits per heavy atom. The summed E-state index contributed by atoms with van der Waals surface area (Å²) in [5.74, 6) is 0.457. The minimum absolute atomic E-state index is 0.00428. The van der Waals surface area contributed by atoms with Gasteiger partial charge in [-0.15, -0.1) is 0 Å². The minimum atomic E-state index is -0.477. The lowest BCUT2D eigenvalue weighted by molar-refractivity contribution is -0.122. The van der Waals surface area contributed by atoms with E-state index in [9.17, 15) is 14.4 Å². The fourth-order valence-corrected chi connectivity index (χ4v) is 4.92. The maximum Gasteiger partial charge on any atom is 0.246 e. The lowest BCUT2D eigenvalue weighted by Crippen LogP contribution is -2.37. The summed E-state index contributed by atoms with van der Waals surface area (Å²) in [7, 11) is 3.16. The zero-order valence-electron chi connectivity index (χ0n) is 25.7. The second kappa shape index (κ2) is 16.0. The number of ether oxygens (including phenoxy) is 3. The molecule has 0 saturated carbocycles. The van der Waals surface area contributed by atoms with Gasteiger partial charge in [-0.3, -0.25) is 14.4 Å². The van der Waals surface area contributed by atoms with E-state index in [0.717, 1.165) is 11.1 Å². The van der Waals surface area contributed by atoms with Crippen LogP contribution in [0.1, 0.15) is 23.7 Å². The molecule has 0 radical (unpaired) electrons. The van der Waals surface area contributed by atoms with Crippen LogP contribution in [0.25, 0.3) is 17.0 Å². The van der Waals surface area contributed by atoms with Crippen molar-refractivity contribution in [2.75, 3.05) is 44.1 Å². The zero-order valence-corrected chi connectivity index (χ0v) is 27.2. The molecular weight excluding hydrogens is 633 g/mol. The first-order chi connectivity index (χ1) is 22.1. The molecule has 0 aliphatic rings. The van der Waals surface area contributed by atoms with Gasteiger partial charge >= 0.3 is 0 Å². The molecular formula is C33H33Cl2N5O6. The van der Waals surface area contributed by atoms with Crippen molar-refractivity contribution in [3.8, 4) is 11.5 Å². The van der Waals surface area contributed by atoms with Crippen molar-refractivity contribution in [3.05, 3.63) is 87.7 Å². The third-order valence-corrected chi connectivity index (χ3v) is 7.42. The van der Waals surface area contributed by atoms with Crippen LogP contribution in [0.2, 0.25) is 10.0 Å². The van der Waals surface area contributed by atoms with Crippen LogP contribution >= 0.6 is 23.2 Å². The SMILES string of the molecule is COCCOc1cc(C)nc2c(OCc3c(Cl)ccc(N(C)C(=O)CNC(=O)C=Cc4ccc(NC(C)=O)nc4)c3Cl)cccc12. The summed E-state index contributed by atoms with van der Waals surface area (Å²) in [6.45, 7) is 3.82. The Balaban J connectivity index is 1.41. The van der Waals surface area contributed by atoms with Crippen molar-refractivity contribution in [2.45, 2.75) is 20.5 Å². The van der Waals surface area contributed by atoms with Crippen molar-refractivity contribution < 1.29 is 28.6 Å². The van der Waals surface area contributed by atoms with Crippen LogP contribution < -0.4 is 25.0 Å². The Morgan fingerprint density at radius 1 is 1.02 bits per heavy atom. The van der Waals surface area contributed by atoms with Gasteiger partial charge in [-0.25, -0.2) is 9.97 Å². The number of aryl methyl sites for hydroxylation is 1. The fraction of sp³-hybridized carbons (Fsp3) is 0.242. The molecule has 2 aromatic carbocycles. The molecule has 240 valence electrons. The van der Waals surface area contributed by atoms with Crippen LogP contribution in [-0.2, 0) is 25.7 Å². The van der Waals surface area contributed by atoms with Gasteiger partial charge in [0, 0.05) is 61.1 Å². The van der Waals surface area contributed by atoms with E-state index in [1.807, 2.05) is 25.1 Å². The number of benzene rings is 2. The van der Waals surface area contributed by atoms with E-state index in [2.05, 4.69) is 20.6 Å². The van der Waals surface area contributed by atoms with Crippen molar-refractivity contribution in [2.24, 2.45) is 0 Å². The van der Waals surface area contributed by atoms with Gasteiger partial charge in [0.2, 0.25) is 17.7 Å². The number of nitrogens with one attached hydrogen (secondary N) is 2. The fourth-order valence-electron chi connectivity index (χ4n) is 4.31. The number of para-hydroxylation sites is 1. The van der Waals surface area contributed by atoms with Crippen molar-refractivity contribution >= 4 is 69.4 Å². The molecule has 2 N–H and O–H groups in total. The summed E-state index contributed by atoms with van der Waals surface area (Å²) in [5, 5.41) is 6.51. The van der Waals surface area contributed by atoms with E-state index in [1.165, 1.54) is 24.1 Å². The van der Waals surface area contributed by atoms with Crippen LogP contribution in [0, 0.1) is 6.92 Å². The number of carbonyl (C=O) groups excluding carboxylic acids is 3. The molecule has 46 heavy (non-hydrogen) atoms. The van der Waals surface area contributed by atoms with E-state index in [1.54, 1.807) is 50.6 Å². The van der Waals surface area contributed by atoms with Crippen LogP contribution in [0.15, 0.2) is 60.8 Å². The topological polar surface area (TPSA) is 132 Å². The van der Waals surface area contributed by atoms with E-state index in [4.69, 9.17) is 37.4 Å². The molecule has 0 atom stereocenters. The molecule has 0 spiro atoms. The van der Waals surface area contributed by atoms with E-state index in [0.29, 0.717) is 57.9 Å². The van der Waals surface area contributed by atoms with Crippen LogP contribution in [-0.4, -0.2) is 61.6 Å². The Kier molecular flexibility index (Phi) is 11.9. The number of fused-ring (bicyclic) bond motifs is 1. The van der Waals surface area contributed by atoms with Crippen LogP contribution in [0.5, 0.6) is 11.5 Å². The molecule has 0 fully saturated rings. The molecule has 13 heteroatoms. The molecule has 2 heterocycles. The van der Waals surface area contributed by atoms with Gasteiger partial charge in [0.25, 0.3) is 0 Å². The number of rotatable bonds is 13. The molecule has 0 aliphatic heterocycles. The van der Waals surface area contributed by atoms with Crippen LogP contribution in [0.3, 0.4) is 0 Å². The molecule has 3 amide bonds. The molecule has 0 aliphatic carbocycles. The Hall–Kier alpha value is -4.71. The normalized spacial score (nSPS) is 11.0. The number of hydrogen-bond acceptors (Lipinski definition) is 8. The zero-order chi connectivity index (χ0) is 33.2. The molecule has 0 unspecified atom stereocenters. The number of nitrogens with zero attached hydrogens (tertiary/aromatic N) is 3. The van der Waals surface area contributed by atoms with Crippen molar-refractivity contribution in [1.82, 2.24) is 15.3 Å². The summed E-state index contributed by atoms with van der Waals surface area (Å²) < 4.78 is 17.2. The Bertz CT molecular complexity index is 1760. The highest BCUT2D eigenvalue weighted by Gasteiger charge is 2.20. The lowest BCUT2D eigenvalue weighted by Gasteiger charge is -2.21. The predicted octanol–water partition coefficient (Wildman–Crippen LogP) is 5.60. The first-order valence-corrected chi connectivity index (χ1v) is 14.9. The van der Waals surface area contributed by atoms with Crippen molar-refractivity contribution in [3.63, 3.8) is 0 Å². The molecule has 0 saturated heterocycles. The molecule has 11 nitrogen and oxygen atoms in total. The van der Waals surface area contributed by atoms with Gasteiger partial charge < -0.3 is 29.7 Å². The molecule has 2 aromatic heterocycles. The first kappa shape index (κ1) is 34.2. The van der Waals surface area contributed by atoms with Crippen molar-refractivity contribution in [1.29, 1.82) is 0 Å². The van der Waals surface area contributed by atoms with Gasteiger partial charge in [-0.2, -0.15) is 0 Å². The van der Waals surface area contributed by atoms with Gasteiger partial charge in [0.1, 0.15) is 36.0 Å². The minimum Gasteiger partial charge on any atom is -0.490 e. The van der Waals surface area contributed by atoms with E-state index in [-0.39, 0.29) is 24.1 Å². The highest BCUT2D eigenvalue weighted by molar-refractivity contribution is 6.38. The second-order valence-corrected chi connectivity index (χ2v) is 10.9. The standard InChI is InChI=1S/C33H33Cl2N5O6/c1-20-16-28(45-15-14-44-4)23-6-5-7-27(33(23)38-20)46-19-24-25(34)10-11-26(32(24)35)40(3)31(43)18-37-30(42)13-9-22-8-12-29(36-17-22)39-21(2)41/h5-13,16-17H,14-15,18-19H2,1-4H3,(H,37,42)(H,36,39,41). The number of methoxy groups -OCH3 is 1. The largest absolute Gasteiger partial charge is 0.490 e. The molecule has 4 aromatic rings. The third kappa shape index (κ3) is 8.94. The maximum absolute atomic E-state index is 13.0. The number of pyridine rings is 2. The highest BCUT2D eigenvalue weighted by Crippen LogP contribution is 2.36. The summed E-state index contributed by atoms with van der Waals surface area (Å²) in [6, 6.07) is 14.0. The molecule has 4 rings (SSSR count). The number of likely N-dealkylation sites (N-methyl/N-ethyl adjacent to an activating group) is 1. The second-order valence-electron chi connectivity index (χ2n) is 10.1. The maximum atomic E-state index is 13.0. The smallest absolute Gasteiger partial charge is 0.246 e. The molecule has 0 bridgehead atoms. The van der Waals surface area contributed by atoms with Gasteiger partial charge in [-0.1, -0.05) is 29.3 Å². The highest BCUT2D eigenvalue weighted by atomic mass is 35.5. The number of carbonyl (C=O) groups is 3. The Labute approximate surface area is 276 Å². The number of aromatic nitrogens is 2. The van der Waals surface area contributed by atoms with E-state index >= 15 is 0 Å². The summed E-state index contributed by atoms with van der Waals surface area (Å²) in [5.41, 5.74) is 2.89. The van der Waals surface area contributed by atoms with Crippen LogP contribution in [0.4, 0.5) is 11.5 Å². The quantitative estimate of drug-likeness (QED) is 0.139. The summed E-state index contributed by atoms with van der Waals surface area (Å²) in [6.07, 6.45) is 4.33.